The minimum atomic E-state index is -0.230. The van der Waals surface area contributed by atoms with Crippen LogP contribution < -0.4 is 10.6 Å². The Kier molecular flexibility index (Phi) is 19.2. The van der Waals surface area contributed by atoms with E-state index in [1.54, 1.807) is 6.08 Å². The van der Waals surface area contributed by atoms with Gasteiger partial charge in [0, 0.05) is 38.3 Å². The van der Waals surface area contributed by atoms with Crippen molar-refractivity contribution in [2.45, 2.75) is 54.4 Å². The first-order chi connectivity index (χ1) is 18.1. The number of anilines is 2. The van der Waals surface area contributed by atoms with Crippen molar-refractivity contribution in [3.05, 3.63) is 96.1 Å². The van der Waals surface area contributed by atoms with Crippen molar-refractivity contribution in [2.75, 3.05) is 36.9 Å². The standard InChI is InChI=1S/C15H21NO2.C11H15N.C6H10O2/c1-12-8-7-9-13(2)15(12)16-10-5-4-6-11-18-14(3)17;1-4-8-12-11-9(2)6-5-7-10(11)3;1-3-4-5-8-6(2)7/h4-5,7-9,16H,6,10-11H2,1-3H3;4-7,12H,1,8H2,2-3H3;3H,1,4-5H2,2H3/b5-4+;;. The number of para-hydroxylation sites is 2. The van der Waals surface area contributed by atoms with Crippen molar-refractivity contribution < 1.29 is 19.1 Å². The number of hydrogen-bond acceptors (Lipinski definition) is 6. The second-order valence-electron chi connectivity index (χ2n) is 8.60. The number of rotatable bonds is 12. The van der Waals surface area contributed by atoms with E-state index in [0.717, 1.165) is 25.9 Å². The van der Waals surface area contributed by atoms with E-state index >= 15 is 0 Å². The Hall–Kier alpha value is -3.80. The fraction of sp³-hybridized carbons (Fsp3) is 0.375. The SMILES string of the molecule is C=CCCOC(C)=O.C=CCNc1c(C)cccc1C.CC(=O)OCC/C=C/CNc1c(C)cccc1C. The molecule has 2 N–H and O–H groups in total. The second kappa shape index (κ2) is 21.3. The maximum atomic E-state index is 10.5. The molecule has 0 spiro atoms. The summed E-state index contributed by atoms with van der Waals surface area (Å²) in [6, 6.07) is 12.5. The van der Waals surface area contributed by atoms with Gasteiger partial charge in [0.25, 0.3) is 0 Å². The van der Waals surface area contributed by atoms with Crippen molar-refractivity contribution in [1.82, 2.24) is 0 Å². The molecule has 38 heavy (non-hydrogen) atoms. The van der Waals surface area contributed by atoms with Gasteiger partial charge in [0.1, 0.15) is 0 Å². The van der Waals surface area contributed by atoms with Crippen LogP contribution in [0.3, 0.4) is 0 Å². The van der Waals surface area contributed by atoms with Gasteiger partial charge in [-0.2, -0.15) is 0 Å². The average Bonchev–Trinajstić information content (AvgIpc) is 2.85. The molecule has 2 aromatic carbocycles. The van der Waals surface area contributed by atoms with E-state index in [9.17, 15) is 9.59 Å². The number of aryl methyl sites for hydroxylation is 4. The third kappa shape index (κ3) is 16.8. The molecule has 0 aliphatic carbocycles. The number of carbonyl (C=O) groups is 2. The Morgan fingerprint density at radius 1 is 0.684 bits per heavy atom. The summed E-state index contributed by atoms with van der Waals surface area (Å²) in [6.07, 6.45) is 9.14. The van der Waals surface area contributed by atoms with Crippen LogP contribution >= 0.6 is 0 Å². The summed E-state index contributed by atoms with van der Waals surface area (Å²) in [5.74, 6) is -0.455. The Balaban J connectivity index is 0.000000590. The van der Waals surface area contributed by atoms with Crippen LogP contribution in [0.4, 0.5) is 11.4 Å². The normalized spacial score (nSPS) is 9.74. The lowest BCUT2D eigenvalue weighted by Gasteiger charge is -2.10. The van der Waals surface area contributed by atoms with Crippen molar-refractivity contribution in [3.8, 4) is 0 Å². The molecule has 0 saturated heterocycles. The molecule has 6 heteroatoms. The zero-order valence-electron chi connectivity index (χ0n) is 24.1. The molecule has 0 fully saturated rings. The second-order valence-corrected chi connectivity index (χ2v) is 8.60. The molecule has 2 aromatic rings. The Morgan fingerprint density at radius 3 is 1.50 bits per heavy atom. The lowest BCUT2D eigenvalue weighted by molar-refractivity contribution is -0.141. The van der Waals surface area contributed by atoms with Crippen molar-refractivity contribution >= 4 is 23.3 Å². The lowest BCUT2D eigenvalue weighted by Crippen LogP contribution is -2.02. The number of nitrogens with one attached hydrogen (secondary N) is 2. The minimum absolute atomic E-state index is 0.225. The van der Waals surface area contributed by atoms with Crippen LogP contribution in [0.2, 0.25) is 0 Å². The Morgan fingerprint density at radius 2 is 1.11 bits per heavy atom. The quantitative estimate of drug-likeness (QED) is 0.174. The van der Waals surface area contributed by atoms with E-state index < -0.39 is 0 Å². The van der Waals surface area contributed by atoms with Gasteiger partial charge >= 0.3 is 11.9 Å². The van der Waals surface area contributed by atoms with Crippen LogP contribution in [-0.2, 0) is 19.1 Å². The van der Waals surface area contributed by atoms with Gasteiger partial charge in [-0.15, -0.1) is 13.2 Å². The predicted molar refractivity (Wildman–Crippen MR) is 161 cm³/mol. The molecule has 208 valence electrons. The third-order valence-electron chi connectivity index (χ3n) is 5.17. The number of esters is 2. The number of benzene rings is 2. The van der Waals surface area contributed by atoms with Crippen LogP contribution in [0.25, 0.3) is 0 Å². The zero-order chi connectivity index (χ0) is 28.8. The monoisotopic (exact) mass is 522 g/mol. The number of hydrogen-bond donors (Lipinski definition) is 2. The van der Waals surface area contributed by atoms with E-state index in [1.807, 2.05) is 12.2 Å². The highest BCUT2D eigenvalue weighted by atomic mass is 16.5. The molecule has 0 unspecified atom stereocenters. The maximum absolute atomic E-state index is 10.5. The first kappa shape index (κ1) is 34.2. The number of ether oxygens (including phenoxy) is 2. The van der Waals surface area contributed by atoms with Gasteiger partial charge in [0.15, 0.2) is 0 Å². The van der Waals surface area contributed by atoms with Crippen molar-refractivity contribution in [3.63, 3.8) is 0 Å². The van der Waals surface area contributed by atoms with Gasteiger partial charge in [-0.3, -0.25) is 9.59 Å². The summed E-state index contributed by atoms with van der Waals surface area (Å²) in [7, 11) is 0. The largest absolute Gasteiger partial charge is 0.466 e. The first-order valence-electron chi connectivity index (χ1n) is 12.9. The third-order valence-corrected chi connectivity index (χ3v) is 5.17. The first-order valence-corrected chi connectivity index (χ1v) is 12.9. The van der Waals surface area contributed by atoms with Gasteiger partial charge in [-0.25, -0.2) is 0 Å². The van der Waals surface area contributed by atoms with Gasteiger partial charge in [-0.1, -0.05) is 60.7 Å². The lowest BCUT2D eigenvalue weighted by atomic mass is 10.1. The van der Waals surface area contributed by atoms with Gasteiger partial charge in [-0.05, 0) is 62.8 Å². The molecule has 0 amide bonds. The van der Waals surface area contributed by atoms with Crippen molar-refractivity contribution in [1.29, 1.82) is 0 Å². The minimum Gasteiger partial charge on any atom is -0.466 e. The van der Waals surface area contributed by atoms with Crippen LogP contribution in [0.1, 0.15) is 48.9 Å². The predicted octanol–water partition coefficient (Wildman–Crippen LogP) is 7.25. The Bertz CT molecular complexity index is 988. The molecule has 0 saturated carbocycles. The molecule has 0 aliphatic heterocycles. The number of carbonyl (C=O) groups excluding carboxylic acids is 2. The summed E-state index contributed by atoms with van der Waals surface area (Å²) < 4.78 is 9.41. The zero-order valence-corrected chi connectivity index (χ0v) is 24.1. The van der Waals surface area contributed by atoms with Gasteiger partial charge in [0.2, 0.25) is 0 Å². The highest BCUT2D eigenvalue weighted by Gasteiger charge is 1.99. The summed E-state index contributed by atoms with van der Waals surface area (Å²) >= 11 is 0. The fourth-order valence-electron chi connectivity index (χ4n) is 3.28. The summed E-state index contributed by atoms with van der Waals surface area (Å²) in [5.41, 5.74) is 7.51. The molecule has 0 aliphatic rings. The van der Waals surface area contributed by atoms with E-state index in [0.29, 0.717) is 13.2 Å². The summed E-state index contributed by atoms with van der Waals surface area (Å²) in [6.45, 7) is 20.9. The average molecular weight is 523 g/mol. The van der Waals surface area contributed by atoms with Gasteiger partial charge < -0.3 is 20.1 Å². The van der Waals surface area contributed by atoms with E-state index in [4.69, 9.17) is 4.74 Å². The molecular formula is C32H46N2O4. The summed E-state index contributed by atoms with van der Waals surface area (Å²) in [5, 5.41) is 6.70. The van der Waals surface area contributed by atoms with E-state index in [-0.39, 0.29) is 11.9 Å². The molecule has 0 aromatic heterocycles. The van der Waals surface area contributed by atoms with E-state index in [2.05, 4.69) is 98.7 Å². The van der Waals surface area contributed by atoms with Crippen LogP contribution in [-0.4, -0.2) is 38.2 Å². The highest BCUT2D eigenvalue weighted by molar-refractivity contribution is 5.66. The molecule has 0 bridgehead atoms. The molecule has 0 heterocycles. The molecule has 6 nitrogen and oxygen atoms in total. The van der Waals surface area contributed by atoms with Crippen LogP contribution in [0.15, 0.2) is 73.9 Å². The smallest absolute Gasteiger partial charge is 0.302 e. The molecular weight excluding hydrogens is 476 g/mol. The van der Waals surface area contributed by atoms with E-state index in [1.165, 1.54) is 47.5 Å². The van der Waals surface area contributed by atoms with Crippen LogP contribution in [0, 0.1) is 27.7 Å². The topological polar surface area (TPSA) is 76.7 Å². The molecule has 0 atom stereocenters. The highest BCUT2D eigenvalue weighted by Crippen LogP contribution is 2.19. The molecule has 2 rings (SSSR count). The fourth-order valence-corrected chi connectivity index (χ4v) is 3.28. The van der Waals surface area contributed by atoms with Gasteiger partial charge in [0.05, 0.1) is 13.2 Å². The Labute approximate surface area is 229 Å². The molecule has 0 radical (unpaired) electrons. The van der Waals surface area contributed by atoms with Crippen LogP contribution in [0.5, 0.6) is 0 Å². The van der Waals surface area contributed by atoms with Crippen molar-refractivity contribution in [2.24, 2.45) is 0 Å². The maximum Gasteiger partial charge on any atom is 0.302 e. The summed E-state index contributed by atoms with van der Waals surface area (Å²) in [4.78, 5) is 20.6.